The monoisotopic (exact) mass is 364 g/mol. The Balaban J connectivity index is 1.32. The molecule has 5 heteroatoms. The molecule has 1 aromatic heterocycles. The van der Waals surface area contributed by atoms with E-state index in [-0.39, 0.29) is 12.0 Å². The summed E-state index contributed by atoms with van der Waals surface area (Å²) in [5.74, 6) is 0.852. The molecule has 4 rings (SSSR count). The minimum absolute atomic E-state index is 0.00958. The van der Waals surface area contributed by atoms with E-state index in [0.717, 1.165) is 17.2 Å². The van der Waals surface area contributed by atoms with Crippen molar-refractivity contribution in [1.82, 2.24) is 9.88 Å². The zero-order valence-corrected chi connectivity index (χ0v) is 15.4. The van der Waals surface area contributed by atoms with Crippen LogP contribution < -0.4 is 4.74 Å². The number of thiazole rings is 1. The molecular weight excluding hydrogens is 344 g/mol. The lowest BCUT2D eigenvalue weighted by Crippen LogP contribution is -2.56. The molecule has 0 aliphatic carbocycles. The van der Waals surface area contributed by atoms with Crippen LogP contribution in [0.25, 0.3) is 0 Å². The molecule has 0 atom stereocenters. The van der Waals surface area contributed by atoms with Gasteiger partial charge in [-0.1, -0.05) is 42.5 Å². The average Bonchev–Trinajstić information content (AvgIpc) is 3.07. The van der Waals surface area contributed by atoms with E-state index >= 15 is 0 Å². The molecule has 1 amide bonds. The standard InChI is InChI=1S/C21H20N2O2S/c1-15-6-5-9-17(10-15)25-18-12-23(13-18)21(24)19-14-26-20(22-19)11-16-7-3-2-4-8-16/h2-10,14,18H,11-13H2,1H3. The highest BCUT2D eigenvalue weighted by atomic mass is 32.1. The van der Waals surface area contributed by atoms with Crippen molar-refractivity contribution in [2.75, 3.05) is 13.1 Å². The molecule has 1 aliphatic heterocycles. The first-order valence-corrected chi connectivity index (χ1v) is 9.56. The van der Waals surface area contributed by atoms with Crippen molar-refractivity contribution in [2.45, 2.75) is 19.4 Å². The zero-order chi connectivity index (χ0) is 17.9. The molecular formula is C21H20N2O2S. The summed E-state index contributed by atoms with van der Waals surface area (Å²) in [4.78, 5) is 18.9. The molecule has 1 fully saturated rings. The molecule has 0 spiro atoms. The molecule has 0 saturated carbocycles. The summed E-state index contributed by atoms with van der Waals surface area (Å²) in [6.45, 7) is 3.26. The van der Waals surface area contributed by atoms with Gasteiger partial charge in [-0.15, -0.1) is 11.3 Å². The van der Waals surface area contributed by atoms with Crippen molar-refractivity contribution in [2.24, 2.45) is 0 Å². The number of likely N-dealkylation sites (tertiary alicyclic amines) is 1. The van der Waals surface area contributed by atoms with E-state index in [2.05, 4.69) is 17.1 Å². The van der Waals surface area contributed by atoms with E-state index in [1.165, 1.54) is 22.5 Å². The lowest BCUT2D eigenvalue weighted by atomic mass is 10.1. The van der Waals surface area contributed by atoms with Crippen LogP contribution in [0.5, 0.6) is 5.75 Å². The predicted octanol–water partition coefficient (Wildman–Crippen LogP) is 3.95. The molecule has 0 radical (unpaired) electrons. The van der Waals surface area contributed by atoms with Gasteiger partial charge in [0.15, 0.2) is 0 Å². The highest BCUT2D eigenvalue weighted by molar-refractivity contribution is 7.09. The summed E-state index contributed by atoms with van der Waals surface area (Å²) in [5.41, 5.74) is 2.91. The van der Waals surface area contributed by atoms with E-state index in [0.29, 0.717) is 18.8 Å². The SMILES string of the molecule is Cc1cccc(OC2CN(C(=O)c3csc(Cc4ccccc4)n3)C2)c1. The molecule has 0 unspecified atom stereocenters. The second-order valence-corrected chi connectivity index (χ2v) is 7.50. The molecule has 4 nitrogen and oxygen atoms in total. The average molecular weight is 364 g/mol. The molecule has 2 aromatic carbocycles. The van der Waals surface area contributed by atoms with Crippen LogP contribution in [-0.2, 0) is 6.42 Å². The maximum absolute atomic E-state index is 12.6. The number of benzene rings is 2. The Morgan fingerprint density at radius 3 is 2.77 bits per heavy atom. The van der Waals surface area contributed by atoms with Crippen LogP contribution in [0, 0.1) is 6.92 Å². The third-order valence-electron chi connectivity index (χ3n) is 4.40. The zero-order valence-electron chi connectivity index (χ0n) is 14.6. The van der Waals surface area contributed by atoms with E-state index in [9.17, 15) is 4.79 Å². The summed E-state index contributed by atoms with van der Waals surface area (Å²) in [6, 6.07) is 18.2. The fourth-order valence-electron chi connectivity index (χ4n) is 2.98. The second-order valence-electron chi connectivity index (χ2n) is 6.56. The lowest BCUT2D eigenvalue weighted by molar-refractivity contribution is 0.0174. The number of carbonyl (C=O) groups excluding carboxylic acids is 1. The van der Waals surface area contributed by atoms with Crippen LogP contribution in [-0.4, -0.2) is 35.0 Å². The number of nitrogens with zero attached hydrogens (tertiary/aromatic N) is 2. The van der Waals surface area contributed by atoms with Gasteiger partial charge in [-0.25, -0.2) is 4.98 Å². The van der Waals surface area contributed by atoms with Crippen LogP contribution >= 0.6 is 11.3 Å². The Kier molecular flexibility index (Phi) is 4.71. The molecule has 1 aliphatic rings. The summed E-state index contributed by atoms with van der Waals surface area (Å²) in [6.07, 6.45) is 0.820. The molecule has 2 heterocycles. The molecule has 26 heavy (non-hydrogen) atoms. The summed E-state index contributed by atoms with van der Waals surface area (Å²) >= 11 is 1.54. The van der Waals surface area contributed by atoms with Crippen molar-refractivity contribution >= 4 is 17.2 Å². The predicted molar refractivity (Wildman–Crippen MR) is 103 cm³/mol. The Morgan fingerprint density at radius 1 is 1.19 bits per heavy atom. The number of amides is 1. The lowest BCUT2D eigenvalue weighted by Gasteiger charge is -2.38. The van der Waals surface area contributed by atoms with Gasteiger partial charge < -0.3 is 9.64 Å². The van der Waals surface area contributed by atoms with Crippen molar-refractivity contribution in [1.29, 1.82) is 0 Å². The minimum atomic E-state index is -0.00958. The van der Waals surface area contributed by atoms with Gasteiger partial charge in [0, 0.05) is 11.8 Å². The third kappa shape index (κ3) is 3.78. The first-order chi connectivity index (χ1) is 12.7. The maximum atomic E-state index is 12.6. The number of carbonyl (C=O) groups is 1. The Morgan fingerprint density at radius 2 is 2.00 bits per heavy atom. The first-order valence-electron chi connectivity index (χ1n) is 8.68. The Hall–Kier alpha value is -2.66. The Labute approximate surface area is 157 Å². The smallest absolute Gasteiger partial charge is 0.273 e. The molecule has 0 bridgehead atoms. The largest absolute Gasteiger partial charge is 0.487 e. The second kappa shape index (κ2) is 7.30. The van der Waals surface area contributed by atoms with Crippen LogP contribution in [0.15, 0.2) is 60.0 Å². The molecule has 3 aromatic rings. The van der Waals surface area contributed by atoms with Gasteiger partial charge in [0.25, 0.3) is 5.91 Å². The van der Waals surface area contributed by atoms with E-state index in [1.54, 1.807) is 4.90 Å². The summed E-state index contributed by atoms with van der Waals surface area (Å²) < 4.78 is 5.92. The fourth-order valence-corrected chi connectivity index (χ4v) is 3.78. The number of hydrogen-bond donors (Lipinski definition) is 0. The number of aromatic nitrogens is 1. The summed E-state index contributed by atoms with van der Waals surface area (Å²) in [7, 11) is 0. The topological polar surface area (TPSA) is 42.4 Å². The third-order valence-corrected chi connectivity index (χ3v) is 5.25. The van der Waals surface area contributed by atoms with Crippen molar-refractivity contribution in [3.05, 3.63) is 81.8 Å². The molecule has 1 saturated heterocycles. The van der Waals surface area contributed by atoms with Crippen molar-refractivity contribution < 1.29 is 9.53 Å². The summed E-state index contributed by atoms with van der Waals surface area (Å²) in [5, 5.41) is 2.82. The van der Waals surface area contributed by atoms with E-state index < -0.39 is 0 Å². The Bertz CT molecular complexity index is 901. The van der Waals surface area contributed by atoms with Crippen molar-refractivity contribution in [3.8, 4) is 5.75 Å². The number of aryl methyl sites for hydroxylation is 1. The van der Waals surface area contributed by atoms with Crippen LogP contribution in [0.1, 0.15) is 26.6 Å². The van der Waals surface area contributed by atoms with Crippen LogP contribution in [0.2, 0.25) is 0 Å². The normalized spacial score (nSPS) is 14.1. The number of hydrogen-bond acceptors (Lipinski definition) is 4. The van der Waals surface area contributed by atoms with Gasteiger partial charge in [-0.2, -0.15) is 0 Å². The van der Waals surface area contributed by atoms with Gasteiger partial charge in [-0.05, 0) is 30.2 Å². The van der Waals surface area contributed by atoms with Crippen LogP contribution in [0.4, 0.5) is 0 Å². The van der Waals surface area contributed by atoms with E-state index in [4.69, 9.17) is 4.74 Å². The van der Waals surface area contributed by atoms with Gasteiger partial charge in [-0.3, -0.25) is 4.79 Å². The van der Waals surface area contributed by atoms with Gasteiger partial charge in [0.2, 0.25) is 0 Å². The minimum Gasteiger partial charge on any atom is -0.487 e. The van der Waals surface area contributed by atoms with Crippen molar-refractivity contribution in [3.63, 3.8) is 0 Å². The first kappa shape index (κ1) is 16.8. The quantitative estimate of drug-likeness (QED) is 0.688. The van der Waals surface area contributed by atoms with E-state index in [1.807, 2.05) is 54.8 Å². The number of rotatable bonds is 5. The highest BCUT2D eigenvalue weighted by Gasteiger charge is 2.33. The highest BCUT2D eigenvalue weighted by Crippen LogP contribution is 2.22. The molecule has 132 valence electrons. The van der Waals surface area contributed by atoms with Gasteiger partial charge in [0.1, 0.15) is 17.5 Å². The van der Waals surface area contributed by atoms with Gasteiger partial charge in [0.05, 0.1) is 18.1 Å². The molecule has 0 N–H and O–H groups in total. The van der Waals surface area contributed by atoms with Gasteiger partial charge >= 0.3 is 0 Å². The fraction of sp³-hybridized carbons (Fsp3) is 0.238. The maximum Gasteiger partial charge on any atom is 0.273 e. The number of ether oxygens (including phenoxy) is 1. The van der Waals surface area contributed by atoms with Crippen LogP contribution in [0.3, 0.4) is 0 Å².